The smallest absolute Gasteiger partial charge is 0.237 e. The maximum atomic E-state index is 8.77. The molecule has 1 heterocycles. The SMILES string of the molecule is Cc1cnnc2c1/C(=N/N=C(\N)NO)CC(c1ccccc1Cl)C2. The summed E-state index contributed by atoms with van der Waals surface area (Å²) in [6, 6.07) is 7.74. The standard InChI is InChI=1S/C16H17ClN6O/c1-9-8-19-20-13-6-10(11-4-2-3-5-12(11)17)7-14(15(9)13)21-22-16(18)23-24/h2-5,8,10,24H,6-7H2,1H3,(H3,18,22,23)/b21-14+. The molecule has 7 nitrogen and oxygen atoms in total. The van der Waals surface area contributed by atoms with Crippen molar-refractivity contribution in [2.75, 3.05) is 0 Å². The molecule has 1 aliphatic rings. The third-order valence-electron chi connectivity index (χ3n) is 4.02. The first kappa shape index (κ1) is 16.4. The number of nitrogens with zero attached hydrogens (tertiary/aromatic N) is 4. The molecule has 0 fully saturated rings. The summed E-state index contributed by atoms with van der Waals surface area (Å²) < 4.78 is 0. The lowest BCUT2D eigenvalue weighted by Crippen LogP contribution is -2.28. The lowest BCUT2D eigenvalue weighted by molar-refractivity contribution is 0.232. The first-order chi connectivity index (χ1) is 11.6. The average molecular weight is 345 g/mol. The molecule has 1 aromatic heterocycles. The second-order valence-corrected chi connectivity index (χ2v) is 6.03. The van der Waals surface area contributed by atoms with Crippen LogP contribution >= 0.6 is 11.6 Å². The number of hydroxylamine groups is 1. The molecule has 0 bridgehead atoms. The molecule has 0 saturated heterocycles. The first-order valence-electron chi connectivity index (χ1n) is 7.46. The highest BCUT2D eigenvalue weighted by Gasteiger charge is 2.28. The van der Waals surface area contributed by atoms with Crippen LogP contribution in [-0.2, 0) is 6.42 Å². The number of benzene rings is 1. The summed E-state index contributed by atoms with van der Waals surface area (Å²) in [7, 11) is 0. The zero-order valence-corrected chi connectivity index (χ0v) is 13.8. The Kier molecular flexibility index (Phi) is 4.73. The summed E-state index contributed by atoms with van der Waals surface area (Å²) in [5.41, 5.74) is 11.8. The van der Waals surface area contributed by atoms with Gasteiger partial charge in [0.1, 0.15) is 0 Å². The lowest BCUT2D eigenvalue weighted by atomic mass is 9.80. The Morgan fingerprint density at radius 2 is 2.17 bits per heavy atom. The van der Waals surface area contributed by atoms with Crippen molar-refractivity contribution in [3.8, 4) is 0 Å². The van der Waals surface area contributed by atoms with Gasteiger partial charge in [0.25, 0.3) is 0 Å². The van der Waals surface area contributed by atoms with E-state index in [2.05, 4.69) is 20.4 Å². The molecule has 0 radical (unpaired) electrons. The van der Waals surface area contributed by atoms with Gasteiger partial charge in [0.2, 0.25) is 5.96 Å². The quantitative estimate of drug-likeness (QED) is 0.439. The van der Waals surface area contributed by atoms with E-state index in [0.29, 0.717) is 11.4 Å². The molecule has 24 heavy (non-hydrogen) atoms. The third-order valence-corrected chi connectivity index (χ3v) is 4.36. The van der Waals surface area contributed by atoms with E-state index in [1.165, 1.54) is 0 Å². The average Bonchev–Trinajstić information content (AvgIpc) is 2.59. The number of aryl methyl sites for hydroxylation is 1. The Bertz CT molecular complexity index is 820. The lowest BCUT2D eigenvalue weighted by Gasteiger charge is -2.26. The summed E-state index contributed by atoms with van der Waals surface area (Å²) in [4.78, 5) is 0. The predicted octanol–water partition coefficient (Wildman–Crippen LogP) is 2.17. The number of aromatic nitrogens is 2. The van der Waals surface area contributed by atoms with Crippen molar-refractivity contribution >= 4 is 23.3 Å². The van der Waals surface area contributed by atoms with Crippen molar-refractivity contribution in [3.05, 3.63) is 57.9 Å². The van der Waals surface area contributed by atoms with Gasteiger partial charge < -0.3 is 5.73 Å². The summed E-state index contributed by atoms with van der Waals surface area (Å²) in [6.07, 6.45) is 3.07. The van der Waals surface area contributed by atoms with Gasteiger partial charge in [0.15, 0.2) is 0 Å². The van der Waals surface area contributed by atoms with E-state index in [9.17, 15) is 0 Å². The van der Waals surface area contributed by atoms with Crippen molar-refractivity contribution in [2.45, 2.75) is 25.7 Å². The molecule has 1 aromatic carbocycles. The summed E-state index contributed by atoms with van der Waals surface area (Å²) in [5.74, 6) is -0.0526. The minimum Gasteiger partial charge on any atom is -0.367 e. The van der Waals surface area contributed by atoms with Crippen LogP contribution in [0.3, 0.4) is 0 Å². The Morgan fingerprint density at radius 1 is 1.38 bits per heavy atom. The second kappa shape index (κ2) is 6.94. The van der Waals surface area contributed by atoms with E-state index in [0.717, 1.165) is 34.5 Å². The van der Waals surface area contributed by atoms with Crippen molar-refractivity contribution in [3.63, 3.8) is 0 Å². The summed E-state index contributed by atoms with van der Waals surface area (Å²) >= 11 is 6.35. The molecular weight excluding hydrogens is 328 g/mol. The largest absolute Gasteiger partial charge is 0.367 e. The topological polar surface area (TPSA) is 109 Å². The molecule has 0 saturated carbocycles. The van der Waals surface area contributed by atoms with Crippen molar-refractivity contribution in [1.29, 1.82) is 0 Å². The van der Waals surface area contributed by atoms with E-state index < -0.39 is 0 Å². The highest BCUT2D eigenvalue weighted by atomic mass is 35.5. The summed E-state index contributed by atoms with van der Waals surface area (Å²) in [6.45, 7) is 1.95. The van der Waals surface area contributed by atoms with E-state index in [1.807, 2.05) is 31.2 Å². The van der Waals surface area contributed by atoms with Gasteiger partial charge in [-0.2, -0.15) is 15.3 Å². The summed E-state index contributed by atoms with van der Waals surface area (Å²) in [5, 5.41) is 25.8. The van der Waals surface area contributed by atoms with E-state index in [4.69, 9.17) is 22.5 Å². The molecule has 1 unspecified atom stereocenters. The number of hydrogen-bond acceptors (Lipinski definition) is 5. The minimum absolute atomic E-state index is 0.125. The fraction of sp³-hybridized carbons (Fsp3) is 0.250. The fourth-order valence-corrected chi connectivity index (χ4v) is 3.25. The van der Waals surface area contributed by atoms with Crippen LogP contribution in [0.2, 0.25) is 5.02 Å². The number of hydrogen-bond donors (Lipinski definition) is 3. The van der Waals surface area contributed by atoms with E-state index >= 15 is 0 Å². The van der Waals surface area contributed by atoms with E-state index in [-0.39, 0.29) is 11.9 Å². The van der Waals surface area contributed by atoms with Crippen LogP contribution in [0.1, 0.15) is 34.7 Å². The number of halogens is 1. The van der Waals surface area contributed by atoms with E-state index in [1.54, 1.807) is 11.7 Å². The van der Waals surface area contributed by atoms with Crippen LogP contribution < -0.4 is 11.2 Å². The van der Waals surface area contributed by atoms with Crippen LogP contribution in [0, 0.1) is 6.92 Å². The Hall–Kier alpha value is -2.51. The van der Waals surface area contributed by atoms with Crippen LogP contribution in [0.5, 0.6) is 0 Å². The molecule has 3 rings (SSSR count). The van der Waals surface area contributed by atoms with Gasteiger partial charge in [-0.3, -0.25) is 5.21 Å². The first-order valence-corrected chi connectivity index (χ1v) is 7.84. The van der Waals surface area contributed by atoms with Gasteiger partial charge in [-0.25, -0.2) is 5.48 Å². The molecule has 1 atom stereocenters. The Morgan fingerprint density at radius 3 is 2.92 bits per heavy atom. The van der Waals surface area contributed by atoms with Gasteiger partial charge in [0.05, 0.1) is 17.6 Å². The number of nitrogens with two attached hydrogens (primary N) is 1. The zero-order valence-electron chi connectivity index (χ0n) is 13.1. The van der Waals surface area contributed by atoms with Crippen LogP contribution in [0.15, 0.2) is 40.7 Å². The van der Waals surface area contributed by atoms with Crippen LogP contribution in [0.25, 0.3) is 0 Å². The Labute approximate surface area is 144 Å². The molecule has 4 N–H and O–H groups in total. The maximum Gasteiger partial charge on any atom is 0.237 e. The molecule has 2 aromatic rings. The predicted molar refractivity (Wildman–Crippen MR) is 92.4 cm³/mol. The molecule has 8 heteroatoms. The van der Waals surface area contributed by atoms with Crippen molar-refractivity contribution in [1.82, 2.24) is 15.7 Å². The van der Waals surface area contributed by atoms with Gasteiger partial charge in [-0.1, -0.05) is 29.8 Å². The van der Waals surface area contributed by atoms with Gasteiger partial charge in [0, 0.05) is 10.6 Å². The van der Waals surface area contributed by atoms with Crippen molar-refractivity contribution < 1.29 is 5.21 Å². The minimum atomic E-state index is -0.177. The molecule has 124 valence electrons. The molecule has 1 aliphatic carbocycles. The number of fused-ring (bicyclic) bond motifs is 1. The molecule has 0 amide bonds. The second-order valence-electron chi connectivity index (χ2n) is 5.62. The molecular formula is C16H17ClN6O. The maximum absolute atomic E-state index is 8.77. The number of nitrogens with one attached hydrogen (secondary N) is 1. The number of guanidine groups is 1. The molecule has 0 aliphatic heterocycles. The third kappa shape index (κ3) is 3.22. The number of rotatable bonds is 2. The monoisotopic (exact) mass is 344 g/mol. The normalized spacial score (nSPS) is 19.2. The van der Waals surface area contributed by atoms with Crippen LogP contribution in [0.4, 0.5) is 0 Å². The highest BCUT2D eigenvalue weighted by molar-refractivity contribution is 6.31. The van der Waals surface area contributed by atoms with Crippen LogP contribution in [-0.4, -0.2) is 27.1 Å². The van der Waals surface area contributed by atoms with Crippen molar-refractivity contribution in [2.24, 2.45) is 15.9 Å². The Balaban J connectivity index is 2.07. The van der Waals surface area contributed by atoms with Gasteiger partial charge >= 0.3 is 0 Å². The zero-order chi connectivity index (χ0) is 17.1. The molecule has 0 spiro atoms. The van der Waals surface area contributed by atoms with Gasteiger partial charge in [-0.05, 0) is 42.9 Å². The highest BCUT2D eigenvalue weighted by Crippen LogP contribution is 2.36. The fourth-order valence-electron chi connectivity index (χ4n) is 2.96. The van der Waals surface area contributed by atoms with Gasteiger partial charge in [-0.15, -0.1) is 5.10 Å².